The average molecular weight is 393 g/mol. The van der Waals surface area contributed by atoms with Gasteiger partial charge in [-0.05, 0) is 37.1 Å². The summed E-state index contributed by atoms with van der Waals surface area (Å²) >= 11 is 0. The second-order valence-corrected chi connectivity index (χ2v) is 6.86. The third-order valence-corrected chi connectivity index (χ3v) is 4.58. The Labute approximate surface area is 161 Å². The maximum absolute atomic E-state index is 13.1. The minimum Gasteiger partial charge on any atom is -0.343 e. The van der Waals surface area contributed by atoms with Crippen molar-refractivity contribution in [2.45, 2.75) is 39.0 Å². The van der Waals surface area contributed by atoms with Crippen LogP contribution in [0.25, 0.3) is 0 Å². The van der Waals surface area contributed by atoms with E-state index in [9.17, 15) is 18.0 Å². The maximum atomic E-state index is 13.1. The molecule has 0 radical (unpaired) electrons. The van der Waals surface area contributed by atoms with Crippen LogP contribution in [0.5, 0.6) is 0 Å². The summed E-state index contributed by atoms with van der Waals surface area (Å²) in [6.45, 7) is 4.37. The Balaban J connectivity index is 1.70. The Morgan fingerprint density at radius 1 is 1.21 bits per heavy atom. The molecule has 1 saturated heterocycles. The largest absolute Gasteiger partial charge is 0.416 e. The van der Waals surface area contributed by atoms with Crippen LogP contribution in [-0.4, -0.2) is 30.2 Å². The Kier molecular flexibility index (Phi) is 6.05. The van der Waals surface area contributed by atoms with E-state index in [1.54, 1.807) is 24.8 Å². The van der Waals surface area contributed by atoms with Crippen LogP contribution < -0.4 is 0 Å². The molecule has 2 unspecified atom stereocenters. The van der Waals surface area contributed by atoms with Gasteiger partial charge in [0.15, 0.2) is 0 Å². The van der Waals surface area contributed by atoms with Gasteiger partial charge in [-0.2, -0.15) is 13.2 Å². The highest BCUT2D eigenvalue weighted by atomic mass is 19.4. The molecule has 1 amide bonds. The van der Waals surface area contributed by atoms with Gasteiger partial charge in [-0.3, -0.25) is 4.79 Å². The molecule has 150 valence electrons. The summed E-state index contributed by atoms with van der Waals surface area (Å²) in [6, 6.07) is 13.3. The molecule has 3 rings (SSSR count). The number of rotatable bonds is 5. The van der Waals surface area contributed by atoms with E-state index in [1.807, 2.05) is 30.3 Å². The summed E-state index contributed by atoms with van der Waals surface area (Å²) in [6.07, 6.45) is -6.31. The van der Waals surface area contributed by atoms with Crippen molar-refractivity contribution in [3.05, 3.63) is 70.8 Å². The topological polar surface area (TPSA) is 38.8 Å². The Hall–Kier alpha value is -2.38. The Morgan fingerprint density at radius 2 is 1.93 bits per heavy atom. The average Bonchev–Trinajstić information content (AvgIpc) is 2.64. The van der Waals surface area contributed by atoms with Crippen molar-refractivity contribution in [1.29, 1.82) is 0 Å². The highest BCUT2D eigenvalue weighted by molar-refractivity contribution is 5.80. The lowest BCUT2D eigenvalue weighted by molar-refractivity contribution is -0.209. The van der Waals surface area contributed by atoms with E-state index in [4.69, 9.17) is 9.47 Å². The van der Waals surface area contributed by atoms with Crippen molar-refractivity contribution in [3.8, 4) is 0 Å². The van der Waals surface area contributed by atoms with Gasteiger partial charge in [0.25, 0.3) is 5.91 Å². The quantitative estimate of drug-likeness (QED) is 0.752. The fourth-order valence-electron chi connectivity index (χ4n) is 3.13. The van der Waals surface area contributed by atoms with E-state index in [-0.39, 0.29) is 5.91 Å². The molecule has 7 heteroatoms. The number of morpholine rings is 1. The normalized spacial score (nSPS) is 19.0. The molecule has 1 heterocycles. The molecular weight excluding hydrogens is 371 g/mol. The zero-order valence-corrected chi connectivity index (χ0v) is 15.7. The lowest BCUT2D eigenvalue weighted by Gasteiger charge is -2.33. The van der Waals surface area contributed by atoms with Gasteiger partial charge in [-0.25, -0.2) is 0 Å². The lowest BCUT2D eigenvalue weighted by Crippen LogP contribution is -2.48. The summed E-state index contributed by atoms with van der Waals surface area (Å²) in [7, 11) is 0. The zero-order valence-electron chi connectivity index (χ0n) is 15.7. The Bertz CT molecular complexity index is 823. The van der Waals surface area contributed by atoms with Crippen molar-refractivity contribution in [3.63, 3.8) is 0 Å². The maximum Gasteiger partial charge on any atom is 0.416 e. The molecular formula is C21H22F3NO3. The minimum absolute atomic E-state index is 0.303. The van der Waals surface area contributed by atoms with Gasteiger partial charge in [0.05, 0.1) is 18.3 Å². The summed E-state index contributed by atoms with van der Waals surface area (Å²) in [4.78, 5) is 14.3. The monoisotopic (exact) mass is 393 g/mol. The lowest BCUT2D eigenvalue weighted by atomic mass is 10.0. The summed E-state index contributed by atoms with van der Waals surface area (Å²) in [5, 5.41) is 0. The highest BCUT2D eigenvalue weighted by Crippen LogP contribution is 2.33. The second-order valence-electron chi connectivity index (χ2n) is 6.86. The second kappa shape index (κ2) is 8.32. The van der Waals surface area contributed by atoms with Crippen LogP contribution in [0, 0.1) is 6.92 Å². The zero-order chi connectivity index (χ0) is 20.3. The predicted octanol–water partition coefficient (Wildman–Crippen LogP) is 4.48. The fourth-order valence-corrected chi connectivity index (χ4v) is 3.13. The van der Waals surface area contributed by atoms with Gasteiger partial charge in [0.1, 0.15) is 0 Å². The molecule has 1 aliphatic heterocycles. The van der Waals surface area contributed by atoms with Crippen LogP contribution in [0.2, 0.25) is 0 Å². The number of nitrogens with zero attached hydrogens (tertiary/aromatic N) is 1. The number of halogens is 3. The SMILES string of the molecule is Cc1cc(C(C)OC2OCCN(Cc3ccccc3)C2=O)cc(C(F)(F)F)c1. The van der Waals surface area contributed by atoms with E-state index in [0.717, 1.165) is 17.7 Å². The smallest absolute Gasteiger partial charge is 0.343 e. The number of carbonyl (C=O) groups excluding carboxylic acids is 1. The van der Waals surface area contributed by atoms with Crippen LogP contribution in [0.15, 0.2) is 48.5 Å². The number of hydrogen-bond acceptors (Lipinski definition) is 3. The predicted molar refractivity (Wildman–Crippen MR) is 97.3 cm³/mol. The van der Waals surface area contributed by atoms with Crippen molar-refractivity contribution >= 4 is 5.91 Å². The number of ether oxygens (including phenoxy) is 2. The van der Waals surface area contributed by atoms with Crippen molar-refractivity contribution in [2.75, 3.05) is 13.2 Å². The molecule has 1 fully saturated rings. The number of amides is 1. The van der Waals surface area contributed by atoms with Gasteiger partial charge in [0, 0.05) is 13.1 Å². The molecule has 0 aliphatic carbocycles. The van der Waals surface area contributed by atoms with E-state index >= 15 is 0 Å². The summed E-state index contributed by atoms with van der Waals surface area (Å²) < 4.78 is 50.3. The molecule has 0 spiro atoms. The van der Waals surface area contributed by atoms with Gasteiger partial charge in [-0.1, -0.05) is 42.0 Å². The Morgan fingerprint density at radius 3 is 2.61 bits per heavy atom. The minimum atomic E-state index is -4.44. The standard InChI is InChI=1S/C21H22F3NO3/c1-14-10-17(12-18(11-14)21(22,23)24)15(2)28-20-19(26)25(8-9-27-20)13-16-6-4-3-5-7-16/h3-7,10-12,15,20H,8-9,13H2,1-2H3. The fraction of sp³-hybridized carbons (Fsp3) is 0.381. The number of aryl methyl sites for hydroxylation is 1. The first-order valence-corrected chi connectivity index (χ1v) is 9.02. The first kappa shape index (κ1) is 20.4. The molecule has 4 nitrogen and oxygen atoms in total. The molecule has 0 saturated carbocycles. The van der Waals surface area contributed by atoms with Crippen LogP contribution in [0.4, 0.5) is 13.2 Å². The van der Waals surface area contributed by atoms with Gasteiger partial charge in [0.2, 0.25) is 6.29 Å². The van der Waals surface area contributed by atoms with Crippen molar-refractivity contribution in [2.24, 2.45) is 0 Å². The molecule has 1 aliphatic rings. The summed E-state index contributed by atoms with van der Waals surface area (Å²) in [5.41, 5.74) is 1.07. The molecule has 0 aromatic heterocycles. The highest BCUT2D eigenvalue weighted by Gasteiger charge is 2.34. The molecule has 2 aromatic carbocycles. The van der Waals surface area contributed by atoms with Gasteiger partial charge in [-0.15, -0.1) is 0 Å². The number of carbonyl (C=O) groups is 1. The van der Waals surface area contributed by atoms with Crippen LogP contribution >= 0.6 is 0 Å². The van der Waals surface area contributed by atoms with Crippen LogP contribution in [0.1, 0.15) is 35.3 Å². The molecule has 2 atom stereocenters. The van der Waals surface area contributed by atoms with Gasteiger partial charge >= 0.3 is 6.18 Å². The molecule has 0 N–H and O–H groups in total. The van der Waals surface area contributed by atoms with E-state index in [1.165, 1.54) is 0 Å². The van der Waals surface area contributed by atoms with Gasteiger partial charge < -0.3 is 14.4 Å². The summed E-state index contributed by atoms with van der Waals surface area (Å²) in [5.74, 6) is -0.328. The van der Waals surface area contributed by atoms with E-state index < -0.39 is 24.1 Å². The molecule has 0 bridgehead atoms. The van der Waals surface area contributed by atoms with Crippen LogP contribution in [-0.2, 0) is 27.0 Å². The van der Waals surface area contributed by atoms with Crippen molar-refractivity contribution < 1.29 is 27.4 Å². The third-order valence-electron chi connectivity index (χ3n) is 4.58. The first-order valence-electron chi connectivity index (χ1n) is 9.02. The third kappa shape index (κ3) is 4.91. The van der Waals surface area contributed by atoms with E-state index in [2.05, 4.69) is 0 Å². The van der Waals surface area contributed by atoms with E-state index in [0.29, 0.717) is 30.8 Å². The molecule has 28 heavy (non-hydrogen) atoms. The number of benzene rings is 2. The van der Waals surface area contributed by atoms with Crippen molar-refractivity contribution in [1.82, 2.24) is 4.90 Å². The molecule has 2 aromatic rings. The number of hydrogen-bond donors (Lipinski definition) is 0. The first-order chi connectivity index (χ1) is 13.2. The number of alkyl halides is 3. The van der Waals surface area contributed by atoms with Crippen LogP contribution in [0.3, 0.4) is 0 Å².